The van der Waals surface area contributed by atoms with E-state index in [1.165, 1.54) is 32.1 Å². The van der Waals surface area contributed by atoms with Crippen molar-refractivity contribution in [2.45, 2.75) is 64.7 Å². The van der Waals surface area contributed by atoms with E-state index in [4.69, 9.17) is 0 Å². The minimum Gasteiger partial charge on any atom is -0.355 e. The highest BCUT2D eigenvalue weighted by Crippen LogP contribution is 2.21. The van der Waals surface area contributed by atoms with E-state index in [9.17, 15) is 14.4 Å². The summed E-state index contributed by atoms with van der Waals surface area (Å²) in [6, 6.07) is 6.93. The van der Waals surface area contributed by atoms with E-state index in [1.807, 2.05) is 0 Å². The molecule has 0 atom stereocenters. The summed E-state index contributed by atoms with van der Waals surface area (Å²) in [6.07, 6.45) is 9.88. The Kier molecular flexibility index (Phi) is 9.52. The van der Waals surface area contributed by atoms with Gasteiger partial charge in [-0.15, -0.1) is 0 Å². The molecule has 0 unspecified atom stereocenters. The summed E-state index contributed by atoms with van der Waals surface area (Å²) >= 11 is 0. The van der Waals surface area contributed by atoms with E-state index in [0.29, 0.717) is 18.5 Å². The molecule has 1 aliphatic heterocycles. The molecule has 3 amide bonds. The maximum absolute atomic E-state index is 12.2. The topological polar surface area (TPSA) is 78.5 Å². The molecule has 0 aliphatic carbocycles. The number of nitrogens with one attached hydrogen (secondary N) is 2. The van der Waals surface area contributed by atoms with E-state index in [1.54, 1.807) is 29.2 Å². The summed E-state index contributed by atoms with van der Waals surface area (Å²) in [5.74, 6) is -0.334. The molecular weight excluding hydrogens is 354 g/mol. The van der Waals surface area contributed by atoms with E-state index >= 15 is 0 Å². The fourth-order valence-electron chi connectivity index (χ4n) is 3.35. The van der Waals surface area contributed by atoms with Crippen LogP contribution in [0.2, 0.25) is 0 Å². The fraction of sp³-hybridized carbons (Fsp3) is 0.591. The molecular formula is C22H33N3O3. The molecule has 1 aliphatic rings. The van der Waals surface area contributed by atoms with Crippen molar-refractivity contribution in [3.8, 4) is 0 Å². The quantitative estimate of drug-likeness (QED) is 0.540. The zero-order valence-electron chi connectivity index (χ0n) is 17.0. The molecule has 0 radical (unpaired) electrons. The average Bonchev–Trinajstić information content (AvgIpc) is 3.14. The Morgan fingerprint density at radius 1 is 0.964 bits per heavy atom. The first kappa shape index (κ1) is 21.9. The van der Waals surface area contributed by atoms with Gasteiger partial charge in [-0.1, -0.05) is 45.4 Å². The maximum atomic E-state index is 12.2. The highest BCUT2D eigenvalue weighted by molar-refractivity contribution is 5.98. The minimum atomic E-state index is -0.287. The smallest absolute Gasteiger partial charge is 0.251 e. The Hall–Kier alpha value is -2.37. The van der Waals surface area contributed by atoms with E-state index in [0.717, 1.165) is 31.5 Å². The number of nitrogens with zero attached hydrogens (tertiary/aromatic N) is 1. The zero-order valence-corrected chi connectivity index (χ0v) is 17.0. The molecule has 0 aromatic heterocycles. The Labute approximate surface area is 168 Å². The highest BCUT2D eigenvalue weighted by atomic mass is 16.2. The van der Waals surface area contributed by atoms with Crippen LogP contribution in [0.4, 0.5) is 5.69 Å². The van der Waals surface area contributed by atoms with Crippen LogP contribution < -0.4 is 15.5 Å². The van der Waals surface area contributed by atoms with E-state index < -0.39 is 0 Å². The summed E-state index contributed by atoms with van der Waals surface area (Å²) in [7, 11) is 0. The van der Waals surface area contributed by atoms with Crippen LogP contribution in [0.3, 0.4) is 0 Å². The van der Waals surface area contributed by atoms with Crippen molar-refractivity contribution >= 4 is 23.4 Å². The lowest BCUT2D eigenvalue weighted by Gasteiger charge is -2.15. The fourth-order valence-corrected chi connectivity index (χ4v) is 3.35. The lowest BCUT2D eigenvalue weighted by Crippen LogP contribution is -2.37. The number of unbranched alkanes of at least 4 members (excludes halogenated alkanes) is 6. The molecule has 1 saturated heterocycles. The molecule has 1 aromatic rings. The number of rotatable bonds is 12. The van der Waals surface area contributed by atoms with Crippen molar-refractivity contribution in [2.24, 2.45) is 0 Å². The molecule has 154 valence electrons. The first-order valence-electron chi connectivity index (χ1n) is 10.6. The number of anilines is 1. The van der Waals surface area contributed by atoms with Crippen LogP contribution in [0.1, 0.15) is 75.1 Å². The third kappa shape index (κ3) is 7.33. The van der Waals surface area contributed by atoms with Gasteiger partial charge in [0.2, 0.25) is 11.8 Å². The number of carbonyl (C=O) groups excluding carboxylic acids is 3. The molecule has 0 saturated carbocycles. The van der Waals surface area contributed by atoms with Crippen molar-refractivity contribution in [3.63, 3.8) is 0 Å². The van der Waals surface area contributed by atoms with Gasteiger partial charge in [0, 0.05) is 30.8 Å². The van der Waals surface area contributed by atoms with Crippen LogP contribution in [0.25, 0.3) is 0 Å². The van der Waals surface area contributed by atoms with Gasteiger partial charge >= 0.3 is 0 Å². The SMILES string of the molecule is CCCCCCCCCNC(=O)CNC(=O)c1ccc(N2CCCC2=O)cc1. The zero-order chi connectivity index (χ0) is 20.2. The Morgan fingerprint density at radius 2 is 1.64 bits per heavy atom. The van der Waals surface area contributed by atoms with Crippen LogP contribution in [-0.4, -0.2) is 37.4 Å². The van der Waals surface area contributed by atoms with Crippen molar-refractivity contribution in [1.29, 1.82) is 0 Å². The lowest BCUT2D eigenvalue weighted by atomic mass is 10.1. The van der Waals surface area contributed by atoms with Crippen LogP contribution >= 0.6 is 0 Å². The number of benzene rings is 1. The normalized spacial score (nSPS) is 13.6. The molecule has 1 fully saturated rings. The van der Waals surface area contributed by atoms with Crippen molar-refractivity contribution in [3.05, 3.63) is 29.8 Å². The van der Waals surface area contributed by atoms with Gasteiger partial charge in [-0.2, -0.15) is 0 Å². The van der Waals surface area contributed by atoms with Gasteiger partial charge in [0.15, 0.2) is 0 Å². The second-order valence-electron chi connectivity index (χ2n) is 7.35. The number of hydrogen-bond donors (Lipinski definition) is 2. The summed E-state index contributed by atoms with van der Waals surface area (Å²) in [5, 5.41) is 5.49. The van der Waals surface area contributed by atoms with Crippen molar-refractivity contribution in [2.75, 3.05) is 24.5 Å². The van der Waals surface area contributed by atoms with Crippen LogP contribution in [0.5, 0.6) is 0 Å². The number of carbonyl (C=O) groups is 3. The maximum Gasteiger partial charge on any atom is 0.251 e. The number of hydrogen-bond acceptors (Lipinski definition) is 3. The third-order valence-electron chi connectivity index (χ3n) is 5.03. The Bertz CT molecular complexity index is 643. The van der Waals surface area contributed by atoms with Gasteiger partial charge in [-0.25, -0.2) is 0 Å². The van der Waals surface area contributed by atoms with E-state index in [-0.39, 0.29) is 24.3 Å². The first-order valence-corrected chi connectivity index (χ1v) is 10.6. The number of amides is 3. The summed E-state index contributed by atoms with van der Waals surface area (Å²) in [5.41, 5.74) is 1.29. The second-order valence-corrected chi connectivity index (χ2v) is 7.35. The van der Waals surface area contributed by atoms with Gasteiger partial charge in [-0.05, 0) is 37.1 Å². The Morgan fingerprint density at radius 3 is 2.29 bits per heavy atom. The molecule has 6 heteroatoms. The molecule has 6 nitrogen and oxygen atoms in total. The minimum absolute atomic E-state index is 0.0261. The summed E-state index contributed by atoms with van der Waals surface area (Å²) in [4.78, 5) is 37.5. The van der Waals surface area contributed by atoms with E-state index in [2.05, 4.69) is 17.6 Å². The summed E-state index contributed by atoms with van der Waals surface area (Å²) < 4.78 is 0. The van der Waals surface area contributed by atoms with Crippen molar-refractivity contribution < 1.29 is 14.4 Å². The van der Waals surface area contributed by atoms with Crippen LogP contribution in [-0.2, 0) is 9.59 Å². The van der Waals surface area contributed by atoms with Gasteiger partial charge in [0.05, 0.1) is 6.54 Å². The molecule has 1 heterocycles. The molecule has 2 N–H and O–H groups in total. The monoisotopic (exact) mass is 387 g/mol. The molecule has 2 rings (SSSR count). The van der Waals surface area contributed by atoms with Gasteiger partial charge in [-0.3, -0.25) is 14.4 Å². The second kappa shape index (κ2) is 12.2. The standard InChI is InChI=1S/C22H33N3O3/c1-2-3-4-5-6-7-8-15-23-20(26)17-24-22(28)18-11-13-19(14-12-18)25-16-9-10-21(25)27/h11-14H,2-10,15-17H2,1H3,(H,23,26)(H,24,28). The molecule has 28 heavy (non-hydrogen) atoms. The molecule has 1 aromatic carbocycles. The van der Waals surface area contributed by atoms with Gasteiger partial charge in [0.25, 0.3) is 5.91 Å². The van der Waals surface area contributed by atoms with Gasteiger partial charge in [0.1, 0.15) is 0 Å². The predicted octanol–water partition coefficient (Wildman–Crippen LogP) is 3.41. The van der Waals surface area contributed by atoms with Crippen LogP contribution in [0.15, 0.2) is 24.3 Å². The molecule has 0 bridgehead atoms. The lowest BCUT2D eigenvalue weighted by molar-refractivity contribution is -0.120. The molecule has 0 spiro atoms. The van der Waals surface area contributed by atoms with Crippen LogP contribution in [0, 0.1) is 0 Å². The Balaban J connectivity index is 1.61. The summed E-state index contributed by atoms with van der Waals surface area (Å²) in [6.45, 7) is 3.56. The largest absolute Gasteiger partial charge is 0.355 e. The third-order valence-corrected chi connectivity index (χ3v) is 5.03. The highest BCUT2D eigenvalue weighted by Gasteiger charge is 2.21. The first-order chi connectivity index (χ1) is 13.6. The average molecular weight is 388 g/mol. The van der Waals surface area contributed by atoms with Crippen molar-refractivity contribution in [1.82, 2.24) is 10.6 Å². The van der Waals surface area contributed by atoms with Gasteiger partial charge < -0.3 is 15.5 Å². The predicted molar refractivity (Wildman–Crippen MR) is 111 cm³/mol.